The Morgan fingerprint density at radius 1 is 1.40 bits per heavy atom. The van der Waals surface area contributed by atoms with Gasteiger partial charge in [0.1, 0.15) is 11.3 Å². The smallest absolute Gasteiger partial charge is 0.328 e. The van der Waals surface area contributed by atoms with Gasteiger partial charge in [-0.2, -0.15) is 0 Å². The molecule has 0 saturated heterocycles. The van der Waals surface area contributed by atoms with Crippen LogP contribution in [0.2, 0.25) is 0 Å². The minimum atomic E-state index is -1.71. The van der Waals surface area contributed by atoms with Crippen LogP contribution in [0.3, 0.4) is 0 Å². The molecule has 0 fully saturated rings. The van der Waals surface area contributed by atoms with Crippen LogP contribution < -0.4 is 0 Å². The molecular weight excluding hydrogens is 396 g/mol. The number of rotatable bonds is 4. The zero-order valence-electron chi connectivity index (χ0n) is 10.3. The molecule has 0 spiro atoms. The number of furan rings is 1. The van der Waals surface area contributed by atoms with Crippen molar-refractivity contribution in [3.8, 4) is 5.75 Å². The van der Waals surface area contributed by atoms with E-state index in [9.17, 15) is 19.8 Å². The first-order chi connectivity index (χ1) is 9.31. The maximum Gasteiger partial charge on any atom is 0.328 e. The molecule has 106 valence electrons. The number of alkyl halides is 1. The molecule has 2 rings (SSSR count). The molecule has 20 heavy (non-hydrogen) atoms. The number of carbonyl (C=O) groups excluding carboxylic acids is 1. The summed E-state index contributed by atoms with van der Waals surface area (Å²) in [5, 5.41) is 19.3. The van der Waals surface area contributed by atoms with E-state index in [4.69, 9.17) is 4.42 Å². The molecule has 1 unspecified atom stereocenters. The lowest BCUT2D eigenvalue weighted by atomic mass is 9.99. The fourth-order valence-electron chi connectivity index (χ4n) is 1.78. The Hall–Kier alpha value is -1.34. The number of ketones is 1. The van der Waals surface area contributed by atoms with Gasteiger partial charge in [-0.05, 0) is 40.5 Å². The van der Waals surface area contributed by atoms with E-state index in [2.05, 4.69) is 31.9 Å². The molecule has 0 amide bonds. The first kappa shape index (κ1) is 15.1. The minimum absolute atomic E-state index is 0.0103. The number of phenols is 1. The van der Waals surface area contributed by atoms with Gasteiger partial charge >= 0.3 is 5.97 Å². The van der Waals surface area contributed by atoms with Crippen molar-refractivity contribution in [2.45, 2.75) is 17.7 Å². The Bertz CT molecular complexity index is 706. The number of benzene rings is 1. The van der Waals surface area contributed by atoms with E-state index in [1.165, 1.54) is 18.2 Å². The van der Waals surface area contributed by atoms with Gasteiger partial charge in [-0.25, -0.2) is 0 Å². The Morgan fingerprint density at radius 2 is 2.05 bits per heavy atom. The fraction of sp³-hybridized carbons (Fsp3) is 0.231. The molecule has 2 N–H and O–H groups in total. The summed E-state index contributed by atoms with van der Waals surface area (Å²) in [5.41, 5.74) is 0.384. The average Bonchev–Trinajstić information content (AvgIpc) is 2.85. The van der Waals surface area contributed by atoms with Crippen LogP contribution in [-0.4, -0.2) is 26.3 Å². The second kappa shape index (κ2) is 5.21. The van der Waals surface area contributed by atoms with E-state index in [1.54, 1.807) is 6.92 Å². The standard InChI is InChI=1S/C13H10Br2O5/c1-2-13(15,12(18)19)11(17)9-5-6-8(20-9)4-3-7(16)10(6)14/h3-5,16H,2H2,1H3,(H,18,19). The zero-order chi connectivity index (χ0) is 15.1. The molecule has 1 atom stereocenters. The third kappa shape index (κ3) is 2.25. The molecule has 7 heteroatoms. The van der Waals surface area contributed by atoms with Crippen molar-refractivity contribution in [2.24, 2.45) is 0 Å². The molecule has 1 aromatic carbocycles. The summed E-state index contributed by atoms with van der Waals surface area (Å²) in [6, 6.07) is 4.34. The summed E-state index contributed by atoms with van der Waals surface area (Å²) in [6.45, 7) is 1.59. The maximum atomic E-state index is 12.3. The molecule has 0 bridgehead atoms. The Labute approximate surface area is 130 Å². The van der Waals surface area contributed by atoms with Crippen LogP contribution in [0, 0.1) is 0 Å². The predicted molar refractivity (Wildman–Crippen MR) is 79.5 cm³/mol. The number of carboxylic acids is 1. The molecule has 0 aliphatic heterocycles. The lowest BCUT2D eigenvalue weighted by Crippen LogP contribution is -2.39. The second-order valence-electron chi connectivity index (χ2n) is 4.21. The third-order valence-electron chi connectivity index (χ3n) is 3.02. The van der Waals surface area contributed by atoms with Crippen LogP contribution >= 0.6 is 31.9 Å². The van der Waals surface area contributed by atoms with E-state index in [0.29, 0.717) is 15.4 Å². The summed E-state index contributed by atoms with van der Waals surface area (Å²) in [6.07, 6.45) is 0.0740. The number of fused-ring (bicyclic) bond motifs is 1. The van der Waals surface area contributed by atoms with E-state index in [-0.39, 0.29) is 17.9 Å². The molecule has 0 aliphatic carbocycles. The molecule has 2 aromatic rings. The summed E-state index contributed by atoms with van der Waals surface area (Å²) < 4.78 is 4.06. The normalized spacial score (nSPS) is 14.2. The summed E-state index contributed by atoms with van der Waals surface area (Å²) in [5.74, 6) is -2.01. The number of carbonyl (C=O) groups is 2. The van der Waals surface area contributed by atoms with Crippen molar-refractivity contribution >= 4 is 54.6 Å². The number of phenolic OH excluding ortho intramolecular Hbond substituents is 1. The lowest BCUT2D eigenvalue weighted by Gasteiger charge is -2.17. The first-order valence-electron chi connectivity index (χ1n) is 5.69. The van der Waals surface area contributed by atoms with Crippen molar-refractivity contribution in [2.75, 3.05) is 0 Å². The number of halogens is 2. The zero-order valence-corrected chi connectivity index (χ0v) is 13.5. The third-order valence-corrected chi connectivity index (χ3v) is 5.12. The van der Waals surface area contributed by atoms with Crippen LogP contribution in [-0.2, 0) is 4.79 Å². The summed E-state index contributed by atoms with van der Waals surface area (Å²) in [7, 11) is 0. The number of hydrogen-bond donors (Lipinski definition) is 2. The fourth-order valence-corrected chi connectivity index (χ4v) is 2.42. The van der Waals surface area contributed by atoms with Crippen molar-refractivity contribution in [1.82, 2.24) is 0 Å². The molecular formula is C13H10Br2O5. The Kier molecular flexibility index (Phi) is 3.93. The number of hydrogen-bond acceptors (Lipinski definition) is 4. The van der Waals surface area contributed by atoms with Gasteiger partial charge in [0.05, 0.1) is 4.47 Å². The first-order valence-corrected chi connectivity index (χ1v) is 7.28. The summed E-state index contributed by atoms with van der Waals surface area (Å²) in [4.78, 5) is 23.6. The maximum absolute atomic E-state index is 12.3. The topological polar surface area (TPSA) is 87.7 Å². The summed E-state index contributed by atoms with van der Waals surface area (Å²) >= 11 is 6.16. The van der Waals surface area contributed by atoms with Crippen molar-refractivity contribution in [3.63, 3.8) is 0 Å². The monoisotopic (exact) mass is 404 g/mol. The lowest BCUT2D eigenvalue weighted by molar-refractivity contribution is -0.138. The van der Waals surface area contributed by atoms with E-state index in [0.717, 1.165) is 0 Å². The highest BCUT2D eigenvalue weighted by Gasteiger charge is 2.44. The number of carboxylic acid groups (broad SMARTS) is 1. The van der Waals surface area contributed by atoms with E-state index < -0.39 is 16.1 Å². The Morgan fingerprint density at radius 3 is 2.60 bits per heavy atom. The van der Waals surface area contributed by atoms with Crippen LogP contribution in [0.5, 0.6) is 5.75 Å². The molecule has 0 saturated carbocycles. The SMILES string of the molecule is CCC(Br)(C(=O)O)C(=O)c1cc2c(Br)c(O)ccc2o1. The van der Waals surface area contributed by atoms with E-state index in [1.807, 2.05) is 0 Å². The van der Waals surface area contributed by atoms with Gasteiger partial charge in [0.25, 0.3) is 0 Å². The molecule has 1 aromatic heterocycles. The second-order valence-corrected chi connectivity index (χ2v) is 6.36. The van der Waals surface area contributed by atoms with Gasteiger partial charge in [-0.15, -0.1) is 0 Å². The van der Waals surface area contributed by atoms with Crippen molar-refractivity contribution in [3.05, 3.63) is 28.4 Å². The highest BCUT2D eigenvalue weighted by molar-refractivity contribution is 9.11. The molecule has 5 nitrogen and oxygen atoms in total. The molecule has 1 heterocycles. The largest absolute Gasteiger partial charge is 0.507 e. The van der Waals surface area contributed by atoms with E-state index >= 15 is 0 Å². The molecule has 0 aliphatic rings. The van der Waals surface area contributed by atoms with Crippen molar-refractivity contribution < 1.29 is 24.2 Å². The minimum Gasteiger partial charge on any atom is -0.507 e. The van der Waals surface area contributed by atoms with Gasteiger partial charge < -0.3 is 14.6 Å². The van der Waals surface area contributed by atoms with Crippen LogP contribution in [0.25, 0.3) is 11.0 Å². The van der Waals surface area contributed by atoms with Gasteiger partial charge in [0, 0.05) is 5.39 Å². The predicted octanol–water partition coefficient (Wildman–Crippen LogP) is 3.71. The van der Waals surface area contributed by atoms with Crippen LogP contribution in [0.15, 0.2) is 27.1 Å². The molecule has 0 radical (unpaired) electrons. The van der Waals surface area contributed by atoms with Crippen LogP contribution in [0.4, 0.5) is 0 Å². The van der Waals surface area contributed by atoms with Crippen molar-refractivity contribution in [1.29, 1.82) is 0 Å². The number of Topliss-reactive ketones (excluding diaryl/α,β-unsaturated/α-hetero) is 1. The number of aromatic hydroxyl groups is 1. The van der Waals surface area contributed by atoms with Gasteiger partial charge in [-0.1, -0.05) is 22.9 Å². The van der Waals surface area contributed by atoms with Gasteiger partial charge in [0.2, 0.25) is 5.78 Å². The number of aliphatic carboxylic acids is 1. The highest BCUT2D eigenvalue weighted by Crippen LogP contribution is 2.36. The highest BCUT2D eigenvalue weighted by atomic mass is 79.9. The van der Waals surface area contributed by atoms with Crippen LogP contribution in [0.1, 0.15) is 23.9 Å². The average molecular weight is 406 g/mol. The Balaban J connectivity index is 2.56. The van der Waals surface area contributed by atoms with Gasteiger partial charge in [-0.3, -0.25) is 9.59 Å². The van der Waals surface area contributed by atoms with Gasteiger partial charge in [0.15, 0.2) is 10.1 Å². The quantitative estimate of drug-likeness (QED) is 0.459.